The van der Waals surface area contributed by atoms with Gasteiger partial charge in [-0.15, -0.1) is 13.0 Å². The van der Waals surface area contributed by atoms with Crippen molar-refractivity contribution in [3.63, 3.8) is 0 Å². The van der Waals surface area contributed by atoms with Crippen LogP contribution in [0.1, 0.15) is 62.3 Å². The third-order valence-electron chi connectivity index (χ3n) is 6.08. The summed E-state index contributed by atoms with van der Waals surface area (Å²) in [6.07, 6.45) is 13.5. The minimum atomic E-state index is 0. The average Bonchev–Trinajstić information content (AvgIpc) is 2.91. The molecule has 3 rings (SSSR count). The molecule has 0 spiro atoms. The fraction of sp³-hybridized carbons (Fsp3) is 0.441. The van der Waals surface area contributed by atoms with Gasteiger partial charge in [0.1, 0.15) is 0 Å². The minimum absolute atomic E-state index is 0. The second kappa shape index (κ2) is 23.2. The van der Waals surface area contributed by atoms with E-state index in [1.165, 1.54) is 35.1 Å². The number of rotatable bonds is 10. The summed E-state index contributed by atoms with van der Waals surface area (Å²) < 4.78 is 4.69. The summed E-state index contributed by atoms with van der Waals surface area (Å²) in [5.74, 6) is 0. The monoisotopic (exact) mass is 552 g/mol. The van der Waals surface area contributed by atoms with Crippen LogP contribution in [0.3, 0.4) is 0 Å². The van der Waals surface area contributed by atoms with Crippen LogP contribution in [0.5, 0.6) is 0 Å². The Hall–Kier alpha value is -1.49. The van der Waals surface area contributed by atoms with E-state index >= 15 is 0 Å². The third-order valence-corrected chi connectivity index (χ3v) is 6.08. The molecular weight excluding hydrogens is 505 g/mol. The largest absolute Gasteiger partial charge is 1.00 e. The molecule has 0 amide bonds. The van der Waals surface area contributed by atoms with Crippen molar-refractivity contribution in [1.29, 1.82) is 5.26 Å². The maximum atomic E-state index is 9.22. The van der Waals surface area contributed by atoms with Crippen LogP contribution in [0.25, 0.3) is 0 Å². The molecule has 0 bridgehead atoms. The summed E-state index contributed by atoms with van der Waals surface area (Å²) in [6.45, 7) is 14.9. The molecule has 0 aromatic heterocycles. The van der Waals surface area contributed by atoms with Crippen molar-refractivity contribution in [2.75, 3.05) is 27.3 Å². The Bertz CT molecular complexity index is 1040. The van der Waals surface area contributed by atoms with Crippen LogP contribution in [-0.2, 0) is 24.1 Å². The molecule has 2 aromatic carbocycles. The Morgan fingerprint density at radius 1 is 1.18 bits per heavy atom. The van der Waals surface area contributed by atoms with E-state index in [4.69, 9.17) is 4.74 Å². The number of methoxy groups -OCH3 is 1. The van der Waals surface area contributed by atoms with Crippen LogP contribution in [0.15, 0.2) is 72.3 Å². The average molecular weight is 553 g/mol. The molecule has 206 valence electrons. The molecule has 0 aliphatic carbocycles. The number of nitrogens with zero attached hydrogens (tertiary/aromatic N) is 2. The zero-order valence-electron chi connectivity index (χ0n) is 25.4. The molecule has 0 fully saturated rings. The van der Waals surface area contributed by atoms with Gasteiger partial charge < -0.3 is 31.9 Å². The molecule has 5 heteroatoms. The van der Waals surface area contributed by atoms with Gasteiger partial charge in [-0.1, -0.05) is 93.9 Å². The van der Waals surface area contributed by atoms with Crippen LogP contribution in [0, 0.1) is 30.5 Å². The molecule has 2 aromatic rings. The zero-order valence-corrected chi connectivity index (χ0v) is 28.6. The van der Waals surface area contributed by atoms with Crippen molar-refractivity contribution < 1.29 is 56.1 Å². The fourth-order valence-corrected chi connectivity index (χ4v) is 4.04. The molecule has 0 saturated carbocycles. The molecule has 0 saturated heterocycles. The van der Waals surface area contributed by atoms with Crippen molar-refractivity contribution in [2.24, 2.45) is 0 Å². The topological polar surface area (TPSA) is 48.3 Å². The molecular formula is C34H47KN3O-. The number of allylic oxidation sites excluding steroid dienone is 1. The Morgan fingerprint density at radius 3 is 2.38 bits per heavy atom. The first-order valence-electron chi connectivity index (χ1n) is 13.7. The smallest absolute Gasteiger partial charge is 0.465 e. The van der Waals surface area contributed by atoms with Crippen LogP contribution in [0.4, 0.5) is 0 Å². The first-order valence-corrected chi connectivity index (χ1v) is 13.7. The van der Waals surface area contributed by atoms with Crippen molar-refractivity contribution in [3.8, 4) is 6.07 Å². The second-order valence-electron chi connectivity index (χ2n) is 9.52. The molecule has 1 unspecified atom stereocenters. The Balaban J connectivity index is 0.000000678. The number of ether oxygens (including phenoxy) is 1. The van der Waals surface area contributed by atoms with Crippen LogP contribution < -0.4 is 56.7 Å². The van der Waals surface area contributed by atoms with Crippen molar-refractivity contribution >= 4 is 0 Å². The first kappa shape index (κ1) is 37.5. The summed E-state index contributed by atoms with van der Waals surface area (Å²) in [4.78, 5) is 2.38. The Labute approximate surface area is 281 Å². The van der Waals surface area contributed by atoms with Crippen molar-refractivity contribution in [1.82, 2.24) is 10.2 Å². The van der Waals surface area contributed by atoms with Gasteiger partial charge >= 0.3 is 51.4 Å². The van der Waals surface area contributed by atoms with Gasteiger partial charge in [-0.05, 0) is 56.0 Å². The normalized spacial score (nSPS) is 14.7. The predicted octanol–water partition coefficient (Wildman–Crippen LogP) is 4.16. The molecule has 1 atom stereocenters. The first-order chi connectivity index (χ1) is 18.4. The molecule has 1 aliphatic rings. The van der Waals surface area contributed by atoms with Gasteiger partial charge in [0.2, 0.25) is 0 Å². The summed E-state index contributed by atoms with van der Waals surface area (Å²) in [6, 6.07) is 20.0. The van der Waals surface area contributed by atoms with E-state index in [0.717, 1.165) is 44.5 Å². The van der Waals surface area contributed by atoms with Crippen molar-refractivity contribution in [3.05, 3.63) is 107 Å². The molecule has 39 heavy (non-hydrogen) atoms. The number of hydrogen-bond donors (Lipinski definition) is 1. The van der Waals surface area contributed by atoms with Gasteiger partial charge in [-0.2, -0.15) is 12.3 Å². The maximum absolute atomic E-state index is 9.22. The predicted molar refractivity (Wildman–Crippen MR) is 160 cm³/mol. The number of aryl methyl sites for hydroxylation is 2. The summed E-state index contributed by atoms with van der Waals surface area (Å²) in [5.41, 5.74) is 6.87. The summed E-state index contributed by atoms with van der Waals surface area (Å²) in [7, 11) is 3.47. The van der Waals surface area contributed by atoms with E-state index in [2.05, 4.69) is 111 Å². The van der Waals surface area contributed by atoms with Gasteiger partial charge in [-0.3, -0.25) is 5.57 Å². The summed E-state index contributed by atoms with van der Waals surface area (Å²) in [5, 5.41) is 12.0. The SMILES string of the molecule is C=CCc1ccc(CCC)cc1.CCCOC.CN[C-]=C(C#N)C1=[C-]CC(C)N(Cc2cccc(C)c2)C1.[K+]. The van der Waals surface area contributed by atoms with E-state index in [9.17, 15) is 5.26 Å². The number of nitriles is 1. The molecule has 1 N–H and O–H groups in total. The van der Waals surface area contributed by atoms with Gasteiger partial charge in [-0.25, -0.2) is 0 Å². The van der Waals surface area contributed by atoms with Crippen LogP contribution >= 0.6 is 0 Å². The standard InChI is InChI=1S/C18H21N3.C12H16.C4H10O.K/c1-14-5-4-6-16(9-14)12-21-13-17(8-7-15(21)2)18(10-19)11-20-3;1-3-5-11-7-9-12(6-4-2)10-8-11;1-3-4-5-2;/h4-6,9,15,20H,7,12-13H2,1-3H3;3,7-10H,1,4-6H2,2H3;3-4H2,1-2H3;/q-2;;;+1. The summed E-state index contributed by atoms with van der Waals surface area (Å²) >= 11 is 0. The van der Waals surface area contributed by atoms with E-state index in [0.29, 0.717) is 11.6 Å². The quantitative estimate of drug-likeness (QED) is 0.158. The Kier molecular flexibility index (Phi) is 22.3. The molecule has 4 nitrogen and oxygen atoms in total. The number of benzene rings is 2. The minimum Gasteiger partial charge on any atom is -0.465 e. The zero-order chi connectivity index (χ0) is 28.2. The number of hydrogen-bond acceptors (Lipinski definition) is 4. The second-order valence-corrected chi connectivity index (χ2v) is 9.52. The van der Waals surface area contributed by atoms with Gasteiger partial charge in [0, 0.05) is 20.3 Å². The molecule has 1 heterocycles. The van der Waals surface area contributed by atoms with Gasteiger partial charge in [0.25, 0.3) is 0 Å². The van der Waals surface area contributed by atoms with Crippen molar-refractivity contribution in [2.45, 2.75) is 72.4 Å². The fourth-order valence-electron chi connectivity index (χ4n) is 4.04. The third kappa shape index (κ3) is 15.8. The maximum Gasteiger partial charge on any atom is 1.00 e. The van der Waals surface area contributed by atoms with Crippen LogP contribution in [0.2, 0.25) is 0 Å². The molecule has 1 aliphatic heterocycles. The van der Waals surface area contributed by atoms with Gasteiger partial charge in [0.05, 0.1) is 0 Å². The Morgan fingerprint density at radius 2 is 1.87 bits per heavy atom. The van der Waals surface area contributed by atoms with E-state index < -0.39 is 0 Å². The van der Waals surface area contributed by atoms with E-state index in [1.54, 1.807) is 14.2 Å². The molecule has 0 radical (unpaired) electrons. The number of nitrogens with one attached hydrogen (secondary N) is 1. The van der Waals surface area contributed by atoms with E-state index in [-0.39, 0.29) is 51.4 Å². The van der Waals surface area contributed by atoms with Crippen LogP contribution in [-0.4, -0.2) is 38.3 Å². The van der Waals surface area contributed by atoms with E-state index in [1.807, 2.05) is 6.08 Å². The van der Waals surface area contributed by atoms with Gasteiger partial charge in [0.15, 0.2) is 0 Å².